The van der Waals surface area contributed by atoms with Crippen molar-refractivity contribution in [2.45, 2.75) is 45.6 Å². The summed E-state index contributed by atoms with van der Waals surface area (Å²) < 4.78 is 55.8. The fourth-order valence-electron chi connectivity index (χ4n) is 4.71. The first kappa shape index (κ1) is 29.1. The summed E-state index contributed by atoms with van der Waals surface area (Å²) in [6, 6.07) is 12.5. The van der Waals surface area contributed by atoms with Gasteiger partial charge in [0.25, 0.3) is 5.91 Å². The van der Waals surface area contributed by atoms with Gasteiger partial charge in [-0.15, -0.1) is 0 Å². The molecule has 0 radical (unpaired) electrons. The second kappa shape index (κ2) is 13.0. The molecule has 11 heteroatoms. The Kier molecular flexibility index (Phi) is 9.46. The Morgan fingerprint density at radius 1 is 1.10 bits per heavy atom. The predicted molar refractivity (Wildman–Crippen MR) is 139 cm³/mol. The molecule has 2 aromatic carbocycles. The number of halogens is 3. The van der Waals surface area contributed by atoms with Crippen LogP contribution in [0.4, 0.5) is 13.2 Å². The largest absolute Gasteiger partial charge is 0.497 e. The van der Waals surface area contributed by atoms with Gasteiger partial charge in [0, 0.05) is 26.2 Å². The average Bonchev–Trinajstić information content (AvgIpc) is 3.41. The molecule has 1 aliphatic rings. The van der Waals surface area contributed by atoms with Crippen LogP contribution in [0.2, 0.25) is 0 Å². The van der Waals surface area contributed by atoms with Gasteiger partial charge >= 0.3 is 12.1 Å². The van der Waals surface area contributed by atoms with Crippen LogP contribution in [0.3, 0.4) is 0 Å². The molecule has 0 spiro atoms. The lowest BCUT2D eigenvalue weighted by atomic mass is 9.98. The van der Waals surface area contributed by atoms with E-state index in [4.69, 9.17) is 13.9 Å². The molecule has 2 heterocycles. The van der Waals surface area contributed by atoms with Gasteiger partial charge in [0.1, 0.15) is 12.0 Å². The number of oxazole rings is 1. The van der Waals surface area contributed by atoms with E-state index in [0.717, 1.165) is 17.7 Å². The third kappa shape index (κ3) is 7.62. The molecular formula is C29H32F3N3O5. The topological polar surface area (TPSA) is 85.1 Å². The van der Waals surface area contributed by atoms with E-state index < -0.39 is 11.7 Å². The molecule has 1 aliphatic heterocycles. The molecule has 3 aromatic rings. The number of hydrogen-bond acceptors (Lipinski definition) is 7. The third-order valence-corrected chi connectivity index (χ3v) is 6.68. The monoisotopic (exact) mass is 559 g/mol. The summed E-state index contributed by atoms with van der Waals surface area (Å²) in [4.78, 5) is 33.1. The van der Waals surface area contributed by atoms with Crippen LogP contribution in [0, 0.1) is 5.92 Å². The minimum atomic E-state index is -4.45. The SMILES string of the molecule is CCOC(=O)C1CCCN(C(=O)c2coc(CN(Cc3ccc(OC)cc3)Cc3cccc(C(F)(F)F)c3)n2)C1. The van der Waals surface area contributed by atoms with Crippen molar-refractivity contribution in [3.05, 3.63) is 83.1 Å². The lowest BCUT2D eigenvalue weighted by molar-refractivity contribution is -0.149. The smallest absolute Gasteiger partial charge is 0.416 e. The average molecular weight is 560 g/mol. The van der Waals surface area contributed by atoms with E-state index in [2.05, 4.69) is 4.98 Å². The summed E-state index contributed by atoms with van der Waals surface area (Å²) in [6.45, 7) is 3.50. The Bertz CT molecular complexity index is 1290. The Morgan fingerprint density at radius 3 is 2.55 bits per heavy atom. The molecule has 214 valence electrons. The number of carbonyl (C=O) groups is 2. The molecule has 1 aromatic heterocycles. The van der Waals surface area contributed by atoms with Crippen molar-refractivity contribution in [1.29, 1.82) is 0 Å². The number of amides is 1. The van der Waals surface area contributed by atoms with Gasteiger partial charge in [0.15, 0.2) is 5.69 Å². The van der Waals surface area contributed by atoms with E-state index in [1.807, 2.05) is 29.2 Å². The molecule has 40 heavy (non-hydrogen) atoms. The highest BCUT2D eigenvalue weighted by Gasteiger charge is 2.32. The summed E-state index contributed by atoms with van der Waals surface area (Å²) in [7, 11) is 1.57. The molecule has 1 atom stereocenters. The Morgan fingerprint density at radius 2 is 1.85 bits per heavy atom. The van der Waals surface area contributed by atoms with Gasteiger partial charge in [-0.3, -0.25) is 14.5 Å². The van der Waals surface area contributed by atoms with Crippen molar-refractivity contribution >= 4 is 11.9 Å². The van der Waals surface area contributed by atoms with Crippen LogP contribution in [0.15, 0.2) is 59.2 Å². The van der Waals surface area contributed by atoms with E-state index in [1.165, 1.54) is 12.3 Å². The molecular weight excluding hydrogens is 527 g/mol. The summed E-state index contributed by atoms with van der Waals surface area (Å²) >= 11 is 0. The number of benzene rings is 2. The lowest BCUT2D eigenvalue weighted by Crippen LogP contribution is -2.43. The van der Waals surface area contributed by atoms with Crippen molar-refractivity contribution in [1.82, 2.24) is 14.8 Å². The summed E-state index contributed by atoms with van der Waals surface area (Å²) in [6.07, 6.45) is -1.84. The number of hydrogen-bond donors (Lipinski definition) is 0. The number of likely N-dealkylation sites (tertiary alicyclic amines) is 1. The van der Waals surface area contributed by atoms with Gasteiger partial charge in [0.05, 0.1) is 31.7 Å². The molecule has 1 saturated heterocycles. The number of ether oxygens (including phenoxy) is 2. The van der Waals surface area contributed by atoms with Gasteiger partial charge in [-0.1, -0.05) is 30.3 Å². The standard InChI is InChI=1S/C29H32F3N3O5/c1-3-39-28(37)22-7-5-13-35(17-22)27(36)25-19-40-26(33-25)18-34(15-20-9-11-24(38-2)12-10-20)16-21-6-4-8-23(14-21)29(30,31)32/h4,6,8-12,14,19,22H,3,5,7,13,15-18H2,1-2H3. The van der Waals surface area contributed by atoms with E-state index in [1.54, 1.807) is 25.0 Å². The van der Waals surface area contributed by atoms with Crippen LogP contribution < -0.4 is 4.74 Å². The maximum Gasteiger partial charge on any atom is 0.416 e. The van der Waals surface area contributed by atoms with E-state index in [-0.39, 0.29) is 55.6 Å². The third-order valence-electron chi connectivity index (χ3n) is 6.68. The Labute approximate surface area is 230 Å². The number of rotatable bonds is 10. The molecule has 1 fully saturated rings. The zero-order valence-electron chi connectivity index (χ0n) is 22.4. The van der Waals surface area contributed by atoms with E-state index >= 15 is 0 Å². The number of carbonyl (C=O) groups excluding carboxylic acids is 2. The van der Waals surface area contributed by atoms with Crippen LogP contribution >= 0.6 is 0 Å². The van der Waals surface area contributed by atoms with Crippen molar-refractivity contribution in [3.8, 4) is 5.75 Å². The van der Waals surface area contributed by atoms with E-state index in [0.29, 0.717) is 37.2 Å². The zero-order valence-corrected chi connectivity index (χ0v) is 22.4. The summed E-state index contributed by atoms with van der Waals surface area (Å²) in [5.74, 6) is -0.0978. The molecule has 1 amide bonds. The van der Waals surface area contributed by atoms with Gasteiger partial charge in [-0.25, -0.2) is 4.98 Å². The second-order valence-electron chi connectivity index (χ2n) is 9.66. The Balaban J connectivity index is 1.49. The van der Waals surface area contributed by atoms with Crippen molar-refractivity contribution < 1.29 is 36.7 Å². The van der Waals surface area contributed by atoms with Crippen LogP contribution in [0.5, 0.6) is 5.75 Å². The minimum Gasteiger partial charge on any atom is -0.497 e. The maximum absolute atomic E-state index is 13.3. The maximum atomic E-state index is 13.3. The van der Waals surface area contributed by atoms with Gasteiger partial charge < -0.3 is 18.8 Å². The van der Waals surface area contributed by atoms with Crippen LogP contribution in [-0.4, -0.2) is 53.5 Å². The van der Waals surface area contributed by atoms with Crippen LogP contribution in [0.1, 0.15) is 52.8 Å². The zero-order chi connectivity index (χ0) is 28.7. The fourth-order valence-corrected chi connectivity index (χ4v) is 4.71. The van der Waals surface area contributed by atoms with Gasteiger partial charge in [-0.05, 0) is 49.1 Å². The minimum absolute atomic E-state index is 0.114. The number of nitrogens with zero attached hydrogens (tertiary/aromatic N) is 3. The summed E-state index contributed by atoms with van der Waals surface area (Å²) in [5, 5.41) is 0. The van der Waals surface area contributed by atoms with E-state index in [9.17, 15) is 22.8 Å². The van der Waals surface area contributed by atoms with Crippen molar-refractivity contribution in [3.63, 3.8) is 0 Å². The number of esters is 1. The molecule has 1 unspecified atom stereocenters. The molecule has 4 rings (SSSR count). The molecule has 0 aliphatic carbocycles. The first-order valence-electron chi connectivity index (χ1n) is 13.1. The van der Waals surface area contributed by atoms with Gasteiger partial charge in [0.2, 0.25) is 5.89 Å². The first-order valence-corrected chi connectivity index (χ1v) is 13.1. The molecule has 0 bridgehead atoms. The van der Waals surface area contributed by atoms with Crippen LogP contribution in [-0.2, 0) is 35.3 Å². The predicted octanol–water partition coefficient (Wildman–Crippen LogP) is 5.32. The van der Waals surface area contributed by atoms with Crippen LogP contribution in [0.25, 0.3) is 0 Å². The van der Waals surface area contributed by atoms with Gasteiger partial charge in [-0.2, -0.15) is 13.2 Å². The lowest BCUT2D eigenvalue weighted by Gasteiger charge is -2.30. The number of methoxy groups -OCH3 is 1. The highest BCUT2D eigenvalue weighted by Crippen LogP contribution is 2.30. The highest BCUT2D eigenvalue weighted by molar-refractivity contribution is 5.92. The quantitative estimate of drug-likeness (QED) is 0.311. The highest BCUT2D eigenvalue weighted by atomic mass is 19.4. The molecule has 0 N–H and O–H groups in total. The normalized spacial score (nSPS) is 15.8. The fraction of sp³-hybridized carbons (Fsp3) is 0.414. The van der Waals surface area contributed by atoms with Crippen molar-refractivity contribution in [2.24, 2.45) is 5.92 Å². The molecule has 8 nitrogen and oxygen atoms in total. The van der Waals surface area contributed by atoms with Crippen molar-refractivity contribution in [2.75, 3.05) is 26.8 Å². The first-order chi connectivity index (χ1) is 19.2. The number of alkyl halides is 3. The second-order valence-corrected chi connectivity index (χ2v) is 9.66. The number of aromatic nitrogens is 1. The Hall–Kier alpha value is -3.86. The summed E-state index contributed by atoms with van der Waals surface area (Å²) in [5.41, 5.74) is 0.780. The molecule has 0 saturated carbocycles. The number of piperidine rings is 1.